The molecule has 4 atom stereocenters. The molecule has 2 heteroatoms. The highest BCUT2D eigenvalue weighted by molar-refractivity contribution is 5.25. The Labute approximate surface area is 117 Å². The molecule has 2 aliphatic rings. The van der Waals surface area contributed by atoms with Gasteiger partial charge >= 0.3 is 0 Å². The fourth-order valence-electron chi connectivity index (χ4n) is 3.59. The molecule has 1 N–H and O–H groups in total. The van der Waals surface area contributed by atoms with Gasteiger partial charge in [0.15, 0.2) is 0 Å². The van der Waals surface area contributed by atoms with Crippen LogP contribution in [-0.2, 0) is 5.54 Å². The van der Waals surface area contributed by atoms with Crippen LogP contribution in [0.2, 0.25) is 0 Å². The van der Waals surface area contributed by atoms with E-state index in [1.54, 1.807) is 0 Å². The summed E-state index contributed by atoms with van der Waals surface area (Å²) in [4.78, 5) is 2.75. The molecular formula is C17H26N2. The van der Waals surface area contributed by atoms with Crippen molar-refractivity contribution in [1.82, 2.24) is 10.2 Å². The van der Waals surface area contributed by atoms with Crippen molar-refractivity contribution in [3.05, 3.63) is 35.9 Å². The van der Waals surface area contributed by atoms with Crippen molar-refractivity contribution in [2.24, 2.45) is 5.92 Å². The monoisotopic (exact) mass is 258 g/mol. The van der Waals surface area contributed by atoms with E-state index in [-0.39, 0.29) is 5.54 Å². The van der Waals surface area contributed by atoms with Gasteiger partial charge in [0, 0.05) is 25.2 Å². The summed E-state index contributed by atoms with van der Waals surface area (Å²) in [7, 11) is 0. The molecule has 1 saturated carbocycles. The summed E-state index contributed by atoms with van der Waals surface area (Å²) >= 11 is 0. The number of hydrogen-bond donors (Lipinski definition) is 1. The molecule has 0 aromatic heterocycles. The second-order valence-corrected chi connectivity index (χ2v) is 6.57. The second kappa shape index (κ2) is 4.92. The number of benzene rings is 1. The highest BCUT2D eigenvalue weighted by Gasteiger charge is 2.46. The topological polar surface area (TPSA) is 15.3 Å². The Bertz CT molecular complexity index is 430. The Kier molecular flexibility index (Phi) is 3.40. The van der Waals surface area contributed by atoms with Gasteiger partial charge in [-0.25, -0.2) is 0 Å². The molecule has 2 fully saturated rings. The predicted octanol–water partition coefficient (Wildman–Crippen LogP) is 2.99. The zero-order valence-electron chi connectivity index (χ0n) is 12.4. The molecule has 0 radical (unpaired) electrons. The average molecular weight is 258 g/mol. The van der Waals surface area contributed by atoms with E-state index in [4.69, 9.17) is 0 Å². The maximum atomic E-state index is 3.77. The van der Waals surface area contributed by atoms with Crippen LogP contribution in [0.3, 0.4) is 0 Å². The average Bonchev–Trinajstić information content (AvgIpc) is 3.22. The van der Waals surface area contributed by atoms with Crippen molar-refractivity contribution in [2.75, 3.05) is 13.1 Å². The van der Waals surface area contributed by atoms with Crippen molar-refractivity contribution < 1.29 is 0 Å². The van der Waals surface area contributed by atoms with Gasteiger partial charge in [0.05, 0.1) is 5.54 Å². The Morgan fingerprint density at radius 2 is 2.05 bits per heavy atom. The van der Waals surface area contributed by atoms with Crippen LogP contribution >= 0.6 is 0 Å². The molecule has 1 saturated heterocycles. The minimum Gasteiger partial charge on any atom is -0.305 e. The largest absolute Gasteiger partial charge is 0.305 e. The first-order valence-corrected chi connectivity index (χ1v) is 7.70. The molecule has 0 amide bonds. The minimum atomic E-state index is 0.106. The third-order valence-corrected chi connectivity index (χ3v) is 5.10. The zero-order valence-corrected chi connectivity index (χ0v) is 12.4. The molecule has 1 aliphatic heterocycles. The van der Waals surface area contributed by atoms with Gasteiger partial charge in [0.2, 0.25) is 0 Å². The van der Waals surface area contributed by atoms with Crippen LogP contribution in [0.1, 0.15) is 39.2 Å². The summed E-state index contributed by atoms with van der Waals surface area (Å²) in [5.74, 6) is 0.945. The number of nitrogens with one attached hydrogen (secondary N) is 1. The lowest BCUT2D eigenvalue weighted by Crippen LogP contribution is -2.61. The predicted molar refractivity (Wildman–Crippen MR) is 80.2 cm³/mol. The van der Waals surface area contributed by atoms with E-state index in [2.05, 4.69) is 61.3 Å². The standard InChI is InChI=1S/C17H26N2/c1-4-14-10-16(14)19-12-17(3,18-11-13(19)2)15-8-6-5-7-9-15/h5-9,13-14,16,18H,4,10-12H2,1-3H3. The molecule has 3 rings (SSSR count). The van der Waals surface area contributed by atoms with E-state index in [9.17, 15) is 0 Å². The van der Waals surface area contributed by atoms with Crippen LogP contribution in [0.4, 0.5) is 0 Å². The molecule has 1 aromatic carbocycles. The first-order chi connectivity index (χ1) is 9.14. The Morgan fingerprint density at radius 3 is 2.68 bits per heavy atom. The molecular weight excluding hydrogens is 232 g/mol. The summed E-state index contributed by atoms with van der Waals surface area (Å²) in [5, 5.41) is 3.77. The first kappa shape index (κ1) is 13.1. The molecule has 0 bridgehead atoms. The summed E-state index contributed by atoms with van der Waals surface area (Å²) in [6.45, 7) is 9.28. The lowest BCUT2D eigenvalue weighted by molar-refractivity contribution is 0.0821. The highest BCUT2D eigenvalue weighted by Crippen LogP contribution is 2.41. The van der Waals surface area contributed by atoms with Crippen molar-refractivity contribution in [3.8, 4) is 0 Å². The summed E-state index contributed by atoms with van der Waals surface area (Å²) < 4.78 is 0. The zero-order chi connectivity index (χ0) is 13.5. The smallest absolute Gasteiger partial charge is 0.0535 e. The molecule has 2 nitrogen and oxygen atoms in total. The van der Waals surface area contributed by atoms with E-state index in [1.165, 1.54) is 18.4 Å². The second-order valence-electron chi connectivity index (χ2n) is 6.57. The molecule has 19 heavy (non-hydrogen) atoms. The van der Waals surface area contributed by atoms with Gasteiger partial charge < -0.3 is 5.32 Å². The van der Waals surface area contributed by atoms with Crippen molar-refractivity contribution in [3.63, 3.8) is 0 Å². The Hall–Kier alpha value is -0.860. The molecule has 104 valence electrons. The van der Waals surface area contributed by atoms with Gasteiger partial charge in [-0.2, -0.15) is 0 Å². The van der Waals surface area contributed by atoms with E-state index in [0.29, 0.717) is 6.04 Å². The fraction of sp³-hybridized carbons (Fsp3) is 0.647. The van der Waals surface area contributed by atoms with Gasteiger partial charge in [0.25, 0.3) is 0 Å². The van der Waals surface area contributed by atoms with Crippen LogP contribution in [0.15, 0.2) is 30.3 Å². The molecule has 0 spiro atoms. The quantitative estimate of drug-likeness (QED) is 0.896. The Morgan fingerprint density at radius 1 is 1.32 bits per heavy atom. The van der Waals surface area contributed by atoms with E-state index in [0.717, 1.165) is 25.0 Å². The highest BCUT2D eigenvalue weighted by atomic mass is 15.3. The van der Waals surface area contributed by atoms with Crippen molar-refractivity contribution in [1.29, 1.82) is 0 Å². The number of rotatable bonds is 3. The van der Waals surface area contributed by atoms with Gasteiger partial charge in [-0.15, -0.1) is 0 Å². The number of piperazine rings is 1. The SMILES string of the molecule is CCC1CC1N1CC(C)(c2ccccc2)NCC1C. The van der Waals surface area contributed by atoms with E-state index in [1.807, 2.05) is 0 Å². The normalized spacial score (nSPS) is 39.2. The maximum Gasteiger partial charge on any atom is 0.0535 e. The van der Waals surface area contributed by atoms with E-state index < -0.39 is 0 Å². The fourth-order valence-corrected chi connectivity index (χ4v) is 3.59. The van der Waals surface area contributed by atoms with Crippen molar-refractivity contribution >= 4 is 0 Å². The summed E-state index contributed by atoms with van der Waals surface area (Å²) in [6, 6.07) is 12.4. The van der Waals surface area contributed by atoms with Gasteiger partial charge in [-0.1, -0.05) is 43.7 Å². The van der Waals surface area contributed by atoms with E-state index >= 15 is 0 Å². The Balaban J connectivity index is 1.78. The van der Waals surface area contributed by atoms with Crippen molar-refractivity contribution in [2.45, 2.75) is 51.2 Å². The van der Waals surface area contributed by atoms with Crippen LogP contribution in [0, 0.1) is 5.92 Å². The van der Waals surface area contributed by atoms with Crippen LogP contribution in [0.25, 0.3) is 0 Å². The summed E-state index contributed by atoms with van der Waals surface area (Å²) in [6.07, 6.45) is 2.75. The molecule has 1 heterocycles. The lowest BCUT2D eigenvalue weighted by Gasteiger charge is -2.46. The van der Waals surface area contributed by atoms with Crippen LogP contribution < -0.4 is 5.32 Å². The third kappa shape index (κ3) is 2.44. The number of nitrogens with zero attached hydrogens (tertiary/aromatic N) is 1. The molecule has 4 unspecified atom stereocenters. The molecule has 1 aromatic rings. The minimum absolute atomic E-state index is 0.106. The van der Waals surface area contributed by atoms with Gasteiger partial charge in [0.1, 0.15) is 0 Å². The first-order valence-electron chi connectivity index (χ1n) is 7.70. The van der Waals surface area contributed by atoms with Crippen LogP contribution in [-0.4, -0.2) is 30.1 Å². The lowest BCUT2D eigenvalue weighted by atomic mass is 9.88. The van der Waals surface area contributed by atoms with Crippen LogP contribution in [0.5, 0.6) is 0 Å². The third-order valence-electron chi connectivity index (χ3n) is 5.10. The maximum absolute atomic E-state index is 3.77. The van der Waals surface area contributed by atoms with Gasteiger partial charge in [-0.05, 0) is 31.7 Å². The van der Waals surface area contributed by atoms with Gasteiger partial charge in [-0.3, -0.25) is 4.90 Å². The molecule has 1 aliphatic carbocycles. The number of hydrogen-bond acceptors (Lipinski definition) is 2. The summed E-state index contributed by atoms with van der Waals surface area (Å²) in [5.41, 5.74) is 1.52.